The minimum Gasteiger partial charge on any atom is -0.493 e. The molecular formula is C30H32N2O6S. The molecule has 0 fully saturated rings. The van der Waals surface area contributed by atoms with Crippen molar-refractivity contribution in [2.24, 2.45) is 0 Å². The molecule has 204 valence electrons. The first-order valence-electron chi connectivity index (χ1n) is 12.5. The lowest BCUT2D eigenvalue weighted by Gasteiger charge is -2.30. The summed E-state index contributed by atoms with van der Waals surface area (Å²) in [5, 5.41) is 19.7. The summed E-state index contributed by atoms with van der Waals surface area (Å²) in [6.07, 6.45) is 0.342. The zero-order valence-corrected chi connectivity index (χ0v) is 23.5. The Morgan fingerprint density at radius 2 is 1.77 bits per heavy atom. The van der Waals surface area contributed by atoms with E-state index in [1.807, 2.05) is 55.4 Å². The molecule has 8 nitrogen and oxygen atoms in total. The van der Waals surface area contributed by atoms with Crippen molar-refractivity contribution in [3.8, 4) is 34.6 Å². The Bertz CT molecular complexity index is 1480. The highest BCUT2D eigenvalue weighted by Gasteiger charge is 2.40. The molecule has 1 aliphatic heterocycles. The van der Waals surface area contributed by atoms with E-state index in [1.54, 1.807) is 32.4 Å². The van der Waals surface area contributed by atoms with E-state index in [1.165, 1.54) is 0 Å². The number of pyridine rings is 1. The van der Waals surface area contributed by atoms with Crippen molar-refractivity contribution < 1.29 is 28.7 Å². The highest BCUT2D eigenvalue weighted by molar-refractivity contribution is 7.84. The third kappa shape index (κ3) is 5.98. The van der Waals surface area contributed by atoms with Gasteiger partial charge in [0.2, 0.25) is 0 Å². The molecule has 1 aromatic heterocycles. The maximum absolute atomic E-state index is 13.4. The molecule has 0 spiro atoms. The zero-order chi connectivity index (χ0) is 28.3. The molecule has 0 saturated heterocycles. The number of benzene rings is 2. The van der Waals surface area contributed by atoms with Crippen molar-refractivity contribution in [2.75, 3.05) is 20.8 Å². The summed E-state index contributed by atoms with van der Waals surface area (Å²) in [6.45, 7) is 5.87. The SMILES string of the molecule is COc1ccc(C#Cc2cccc(-c3nc(C(=O)O)cc4c3[C@@H](CCO)N([S@](=O)C(C)(C)C)C4)c2)cc1OC. The third-order valence-corrected chi connectivity index (χ3v) is 8.24. The molecule has 1 aliphatic rings. The van der Waals surface area contributed by atoms with Crippen LogP contribution in [0.3, 0.4) is 0 Å². The van der Waals surface area contributed by atoms with Crippen LogP contribution >= 0.6 is 0 Å². The van der Waals surface area contributed by atoms with Crippen LogP contribution < -0.4 is 9.47 Å². The minimum absolute atomic E-state index is 0.0864. The Morgan fingerprint density at radius 3 is 2.38 bits per heavy atom. The number of ether oxygens (including phenoxy) is 2. The van der Waals surface area contributed by atoms with Gasteiger partial charge in [-0.05, 0) is 69.2 Å². The van der Waals surface area contributed by atoms with Gasteiger partial charge in [-0.3, -0.25) is 0 Å². The van der Waals surface area contributed by atoms with E-state index in [0.29, 0.717) is 41.3 Å². The van der Waals surface area contributed by atoms with Crippen molar-refractivity contribution in [2.45, 2.75) is 44.5 Å². The molecule has 3 aromatic rings. The second kappa shape index (κ2) is 11.6. The van der Waals surface area contributed by atoms with Gasteiger partial charge in [0, 0.05) is 35.4 Å². The lowest BCUT2D eigenvalue weighted by molar-refractivity contribution is 0.0690. The molecule has 0 bridgehead atoms. The first kappa shape index (κ1) is 28.3. The number of carboxylic acid groups (broad SMARTS) is 1. The van der Waals surface area contributed by atoms with Gasteiger partial charge in [0.25, 0.3) is 0 Å². The molecule has 0 unspecified atom stereocenters. The zero-order valence-electron chi connectivity index (χ0n) is 22.6. The molecule has 39 heavy (non-hydrogen) atoms. The van der Waals surface area contributed by atoms with Crippen molar-refractivity contribution >= 4 is 17.0 Å². The molecule has 2 N–H and O–H groups in total. The average molecular weight is 549 g/mol. The monoisotopic (exact) mass is 548 g/mol. The summed E-state index contributed by atoms with van der Waals surface area (Å²) in [7, 11) is 1.76. The summed E-state index contributed by atoms with van der Waals surface area (Å²) >= 11 is 0. The Labute approximate surface area is 231 Å². The van der Waals surface area contributed by atoms with Crippen LogP contribution in [0.25, 0.3) is 11.3 Å². The van der Waals surface area contributed by atoms with E-state index in [9.17, 15) is 19.2 Å². The Kier molecular flexibility index (Phi) is 8.40. The summed E-state index contributed by atoms with van der Waals surface area (Å²) in [6, 6.07) is 14.0. The Balaban J connectivity index is 1.80. The van der Waals surface area contributed by atoms with E-state index < -0.39 is 21.7 Å². The van der Waals surface area contributed by atoms with E-state index in [0.717, 1.165) is 16.7 Å². The average Bonchev–Trinajstić information content (AvgIpc) is 3.28. The van der Waals surface area contributed by atoms with Gasteiger partial charge in [-0.15, -0.1) is 0 Å². The predicted octanol–water partition coefficient (Wildman–Crippen LogP) is 4.57. The van der Waals surface area contributed by atoms with Gasteiger partial charge >= 0.3 is 5.97 Å². The summed E-state index contributed by atoms with van der Waals surface area (Å²) in [5.74, 6) is 6.34. The molecule has 2 aromatic carbocycles. The third-order valence-electron chi connectivity index (χ3n) is 6.38. The van der Waals surface area contributed by atoms with Gasteiger partial charge in [-0.25, -0.2) is 18.3 Å². The topological polar surface area (TPSA) is 109 Å². The van der Waals surface area contributed by atoms with Crippen molar-refractivity contribution in [3.63, 3.8) is 0 Å². The van der Waals surface area contributed by atoms with Gasteiger partial charge < -0.3 is 19.7 Å². The van der Waals surface area contributed by atoms with E-state index in [2.05, 4.69) is 16.8 Å². The number of hydrogen-bond acceptors (Lipinski definition) is 6. The highest BCUT2D eigenvalue weighted by Crippen LogP contribution is 2.44. The first-order valence-corrected chi connectivity index (χ1v) is 13.6. The van der Waals surface area contributed by atoms with Gasteiger partial charge in [-0.1, -0.05) is 24.0 Å². The fourth-order valence-corrected chi connectivity index (χ4v) is 6.00. The Morgan fingerprint density at radius 1 is 1.08 bits per heavy atom. The number of aromatic nitrogens is 1. The number of rotatable bonds is 7. The maximum atomic E-state index is 13.4. The van der Waals surface area contributed by atoms with E-state index in [-0.39, 0.29) is 18.3 Å². The van der Waals surface area contributed by atoms with Crippen LogP contribution in [-0.4, -0.2) is 55.3 Å². The first-order chi connectivity index (χ1) is 18.6. The largest absolute Gasteiger partial charge is 0.493 e. The second-order valence-corrected chi connectivity index (χ2v) is 12.3. The van der Waals surface area contributed by atoms with Gasteiger partial charge in [0.05, 0.1) is 30.7 Å². The standard InChI is InChI=1S/C30H32N2O6S/c1-30(2,3)39(36)32-18-22-17-23(29(34)35)31-28(27(22)24(32)13-14-33)21-8-6-7-19(15-21)9-10-20-11-12-25(37-4)26(16-20)38-5/h6-8,11-12,15-17,24,33H,13-14,18H2,1-5H3,(H,34,35)/t24-,39-/m1/s1. The number of aromatic carboxylic acids is 1. The lowest BCUT2D eigenvalue weighted by Crippen LogP contribution is -2.36. The quantitative estimate of drug-likeness (QED) is 0.417. The Hall–Kier alpha value is -3.71. The predicted molar refractivity (Wildman–Crippen MR) is 150 cm³/mol. The number of aliphatic hydroxyl groups is 1. The number of hydrogen-bond donors (Lipinski definition) is 2. The fraction of sp³-hybridized carbons (Fsp3) is 0.333. The van der Waals surface area contributed by atoms with Crippen molar-refractivity contribution in [1.29, 1.82) is 0 Å². The fourth-order valence-electron chi connectivity index (χ4n) is 4.60. The van der Waals surface area contributed by atoms with Gasteiger partial charge in [0.1, 0.15) is 16.7 Å². The van der Waals surface area contributed by atoms with Crippen molar-refractivity contribution in [3.05, 3.63) is 76.5 Å². The molecule has 0 aliphatic carbocycles. The smallest absolute Gasteiger partial charge is 0.354 e. The van der Waals surface area contributed by atoms with Crippen LogP contribution in [0.4, 0.5) is 0 Å². The molecular weight excluding hydrogens is 516 g/mol. The van der Waals surface area contributed by atoms with Crippen LogP contribution in [0.1, 0.15) is 66.0 Å². The summed E-state index contributed by atoms with van der Waals surface area (Å²) in [4.78, 5) is 16.5. The van der Waals surface area contributed by atoms with Crippen LogP contribution in [0.15, 0.2) is 48.5 Å². The summed E-state index contributed by atoms with van der Waals surface area (Å²) in [5.41, 5.74) is 4.09. The molecule has 0 radical (unpaired) electrons. The van der Waals surface area contributed by atoms with E-state index >= 15 is 0 Å². The molecule has 2 atom stereocenters. The van der Waals surface area contributed by atoms with Gasteiger partial charge in [-0.2, -0.15) is 0 Å². The number of fused-ring (bicyclic) bond motifs is 1. The molecule has 0 saturated carbocycles. The van der Waals surface area contributed by atoms with Crippen LogP contribution in [0, 0.1) is 11.8 Å². The second-order valence-electron chi connectivity index (χ2n) is 10.1. The number of nitrogens with zero attached hydrogens (tertiary/aromatic N) is 2. The molecule has 2 heterocycles. The van der Waals surface area contributed by atoms with Crippen LogP contribution in [-0.2, 0) is 17.5 Å². The maximum Gasteiger partial charge on any atom is 0.354 e. The van der Waals surface area contributed by atoms with Crippen LogP contribution in [0.2, 0.25) is 0 Å². The summed E-state index contributed by atoms with van der Waals surface area (Å²) < 4.78 is 25.4. The van der Waals surface area contributed by atoms with E-state index in [4.69, 9.17) is 9.47 Å². The van der Waals surface area contributed by atoms with Gasteiger partial charge in [0.15, 0.2) is 11.5 Å². The molecule has 4 rings (SSSR count). The molecule has 9 heteroatoms. The number of carbonyl (C=O) groups is 1. The highest BCUT2D eigenvalue weighted by atomic mass is 32.2. The number of methoxy groups -OCH3 is 2. The van der Waals surface area contributed by atoms with Crippen molar-refractivity contribution in [1.82, 2.24) is 9.29 Å². The number of carboxylic acids is 1. The normalized spacial score (nSPS) is 15.7. The number of aliphatic hydroxyl groups excluding tert-OH is 1. The minimum atomic E-state index is -1.38. The lowest BCUT2D eigenvalue weighted by atomic mass is 9.95. The molecule has 0 amide bonds. The van der Waals surface area contributed by atoms with Crippen LogP contribution in [0.5, 0.6) is 11.5 Å².